The Hall–Kier alpha value is -1.15. The van der Waals surface area contributed by atoms with E-state index < -0.39 is 0 Å². The summed E-state index contributed by atoms with van der Waals surface area (Å²) in [6, 6.07) is 0.604. The van der Waals surface area contributed by atoms with Crippen LogP contribution in [0.15, 0.2) is 8.86 Å². The normalized spacial score (nSPS) is 16.8. The van der Waals surface area contributed by atoms with Crippen molar-refractivity contribution in [1.29, 1.82) is 0 Å². The summed E-state index contributed by atoms with van der Waals surface area (Å²) in [7, 11) is 0. The monoisotopic (exact) mass is 283 g/mol. The predicted octanol–water partition coefficient (Wildman–Crippen LogP) is 2.66. The van der Waals surface area contributed by atoms with Gasteiger partial charge in [-0.15, -0.1) is 10.2 Å². The zero-order valence-corrected chi connectivity index (χ0v) is 11.7. The Kier molecular flexibility index (Phi) is 3.21. The zero-order chi connectivity index (χ0) is 12.5. The number of anilines is 1. The number of aromatic nitrogens is 4. The number of hydrogen-bond donors (Lipinski definition) is 1. The van der Waals surface area contributed by atoms with E-state index in [1.54, 1.807) is 23.1 Å². The highest BCUT2D eigenvalue weighted by Gasteiger charge is 2.23. The van der Waals surface area contributed by atoms with E-state index in [1.165, 1.54) is 12.8 Å². The van der Waals surface area contributed by atoms with Crippen LogP contribution in [0.3, 0.4) is 0 Å². The van der Waals surface area contributed by atoms with E-state index in [9.17, 15) is 0 Å². The van der Waals surface area contributed by atoms with Crippen LogP contribution in [0.4, 0.5) is 5.13 Å². The van der Waals surface area contributed by atoms with E-state index in [4.69, 9.17) is 4.52 Å². The first kappa shape index (κ1) is 11.9. The zero-order valence-electron chi connectivity index (χ0n) is 10.1. The van der Waals surface area contributed by atoms with Crippen LogP contribution >= 0.6 is 23.1 Å². The minimum atomic E-state index is 0.0907. The standard InChI is InChI=1S/C10H13N5OS2/c1-5(8-11-6(2)15-16-8)17-10-14-13-9(18-10)12-7-3-4-7/h5,7H,3-4H2,1-2H3,(H,12,13). The van der Waals surface area contributed by atoms with Gasteiger partial charge in [0.1, 0.15) is 0 Å². The fraction of sp³-hybridized carbons (Fsp3) is 0.600. The summed E-state index contributed by atoms with van der Waals surface area (Å²) in [5.74, 6) is 1.29. The first-order chi connectivity index (χ1) is 8.70. The van der Waals surface area contributed by atoms with Gasteiger partial charge >= 0.3 is 0 Å². The smallest absolute Gasteiger partial charge is 0.239 e. The molecule has 6 nitrogen and oxygen atoms in total. The summed E-state index contributed by atoms with van der Waals surface area (Å²) in [6.07, 6.45) is 2.47. The van der Waals surface area contributed by atoms with Crippen molar-refractivity contribution in [2.24, 2.45) is 0 Å². The molecule has 2 aromatic heterocycles. The van der Waals surface area contributed by atoms with Gasteiger partial charge in [0.05, 0.1) is 5.25 Å². The minimum Gasteiger partial charge on any atom is -0.357 e. The minimum absolute atomic E-state index is 0.0907. The van der Waals surface area contributed by atoms with Crippen LogP contribution in [0.2, 0.25) is 0 Å². The fourth-order valence-corrected chi connectivity index (χ4v) is 3.40. The number of hydrogen-bond acceptors (Lipinski definition) is 8. The number of nitrogens with one attached hydrogen (secondary N) is 1. The second-order valence-electron chi connectivity index (χ2n) is 4.23. The lowest BCUT2D eigenvalue weighted by Crippen LogP contribution is -1.99. The van der Waals surface area contributed by atoms with Crippen molar-refractivity contribution in [3.63, 3.8) is 0 Å². The molecule has 0 bridgehead atoms. The number of rotatable bonds is 5. The molecular formula is C10H13N5OS2. The van der Waals surface area contributed by atoms with E-state index in [2.05, 4.69) is 25.7 Å². The molecule has 1 aliphatic rings. The molecule has 1 N–H and O–H groups in total. The summed E-state index contributed by atoms with van der Waals surface area (Å²) in [4.78, 5) is 4.21. The van der Waals surface area contributed by atoms with Crippen LogP contribution < -0.4 is 5.32 Å². The molecule has 1 atom stereocenters. The molecule has 1 fully saturated rings. The van der Waals surface area contributed by atoms with E-state index in [0.717, 1.165) is 9.47 Å². The van der Waals surface area contributed by atoms with Gasteiger partial charge in [-0.2, -0.15) is 4.98 Å². The lowest BCUT2D eigenvalue weighted by atomic mass is 10.5. The number of nitrogens with zero attached hydrogens (tertiary/aromatic N) is 4. The molecule has 3 rings (SSSR count). The van der Waals surface area contributed by atoms with Crippen molar-refractivity contribution in [2.75, 3.05) is 5.32 Å². The van der Waals surface area contributed by atoms with E-state index >= 15 is 0 Å². The second kappa shape index (κ2) is 4.85. The number of aryl methyl sites for hydroxylation is 1. The first-order valence-corrected chi connectivity index (χ1v) is 7.47. The van der Waals surface area contributed by atoms with Gasteiger partial charge in [0.2, 0.25) is 11.0 Å². The molecule has 0 aromatic carbocycles. The van der Waals surface area contributed by atoms with Gasteiger partial charge in [-0.05, 0) is 26.7 Å². The third-order valence-electron chi connectivity index (χ3n) is 2.48. The quantitative estimate of drug-likeness (QED) is 0.845. The molecule has 0 spiro atoms. The van der Waals surface area contributed by atoms with Crippen molar-refractivity contribution < 1.29 is 4.52 Å². The maximum atomic E-state index is 5.14. The molecule has 18 heavy (non-hydrogen) atoms. The van der Waals surface area contributed by atoms with Crippen LogP contribution in [-0.2, 0) is 0 Å². The maximum Gasteiger partial charge on any atom is 0.239 e. The van der Waals surface area contributed by atoms with Crippen molar-refractivity contribution in [3.05, 3.63) is 11.7 Å². The van der Waals surface area contributed by atoms with Crippen LogP contribution in [-0.4, -0.2) is 26.4 Å². The Morgan fingerprint density at radius 2 is 2.28 bits per heavy atom. The second-order valence-corrected chi connectivity index (χ2v) is 6.80. The van der Waals surface area contributed by atoms with Crippen molar-refractivity contribution in [2.45, 2.75) is 42.3 Å². The van der Waals surface area contributed by atoms with Crippen LogP contribution in [0.1, 0.15) is 36.7 Å². The van der Waals surface area contributed by atoms with E-state index in [1.807, 2.05) is 13.8 Å². The fourth-order valence-electron chi connectivity index (χ4n) is 1.40. The average Bonchev–Trinajstić information content (AvgIpc) is 2.85. The molecule has 0 amide bonds. The largest absolute Gasteiger partial charge is 0.357 e. The summed E-state index contributed by atoms with van der Waals surface area (Å²) >= 11 is 3.16. The van der Waals surface area contributed by atoms with E-state index in [0.29, 0.717) is 17.8 Å². The third-order valence-corrected chi connectivity index (χ3v) is 4.51. The number of thioether (sulfide) groups is 1. The van der Waals surface area contributed by atoms with Gasteiger partial charge in [0.15, 0.2) is 10.2 Å². The Balaban J connectivity index is 1.62. The van der Waals surface area contributed by atoms with Crippen LogP contribution in [0.5, 0.6) is 0 Å². The van der Waals surface area contributed by atoms with Gasteiger partial charge in [0, 0.05) is 6.04 Å². The molecule has 8 heteroatoms. The molecule has 1 saturated carbocycles. The summed E-state index contributed by atoms with van der Waals surface area (Å²) < 4.78 is 6.06. The Morgan fingerprint density at radius 1 is 1.44 bits per heavy atom. The highest BCUT2D eigenvalue weighted by atomic mass is 32.2. The maximum absolute atomic E-state index is 5.14. The highest BCUT2D eigenvalue weighted by Crippen LogP contribution is 2.37. The van der Waals surface area contributed by atoms with Crippen molar-refractivity contribution in [3.8, 4) is 0 Å². The van der Waals surface area contributed by atoms with Gasteiger partial charge in [-0.25, -0.2) is 0 Å². The lowest BCUT2D eigenvalue weighted by Gasteiger charge is -2.01. The highest BCUT2D eigenvalue weighted by molar-refractivity contribution is 8.01. The molecule has 0 saturated heterocycles. The third kappa shape index (κ3) is 2.81. The Morgan fingerprint density at radius 3 is 2.94 bits per heavy atom. The van der Waals surface area contributed by atoms with E-state index in [-0.39, 0.29) is 5.25 Å². The SMILES string of the molecule is Cc1noc(C(C)Sc2nnc(NC3CC3)s2)n1. The Labute approximate surface area is 113 Å². The van der Waals surface area contributed by atoms with Crippen LogP contribution in [0, 0.1) is 6.92 Å². The molecule has 2 heterocycles. The molecule has 96 valence electrons. The van der Waals surface area contributed by atoms with Gasteiger partial charge in [-0.3, -0.25) is 0 Å². The van der Waals surface area contributed by atoms with Crippen molar-refractivity contribution in [1.82, 2.24) is 20.3 Å². The Bertz CT molecular complexity index is 536. The lowest BCUT2D eigenvalue weighted by molar-refractivity contribution is 0.376. The van der Waals surface area contributed by atoms with Crippen LogP contribution in [0.25, 0.3) is 0 Å². The van der Waals surface area contributed by atoms with Gasteiger partial charge < -0.3 is 9.84 Å². The molecule has 1 unspecified atom stereocenters. The predicted molar refractivity (Wildman–Crippen MR) is 69.9 cm³/mol. The molecular weight excluding hydrogens is 270 g/mol. The summed E-state index contributed by atoms with van der Waals surface area (Å²) in [6.45, 7) is 3.83. The molecule has 0 aliphatic heterocycles. The molecule has 0 radical (unpaired) electrons. The van der Waals surface area contributed by atoms with Crippen molar-refractivity contribution >= 4 is 28.2 Å². The summed E-state index contributed by atoms with van der Waals surface area (Å²) in [5, 5.41) is 16.4. The summed E-state index contributed by atoms with van der Waals surface area (Å²) in [5.41, 5.74) is 0. The molecule has 2 aromatic rings. The van der Waals surface area contributed by atoms with Gasteiger partial charge in [-0.1, -0.05) is 28.3 Å². The first-order valence-electron chi connectivity index (χ1n) is 5.77. The molecule has 1 aliphatic carbocycles. The topological polar surface area (TPSA) is 76.7 Å². The average molecular weight is 283 g/mol. The van der Waals surface area contributed by atoms with Gasteiger partial charge in [0.25, 0.3) is 0 Å².